The molecule has 0 aliphatic heterocycles. The summed E-state index contributed by atoms with van der Waals surface area (Å²) in [5, 5.41) is 0. The fourth-order valence-corrected chi connectivity index (χ4v) is 2.98. The van der Waals surface area contributed by atoms with E-state index in [1.807, 2.05) is 36.5 Å². The quantitative estimate of drug-likeness (QED) is 0.157. The van der Waals surface area contributed by atoms with Crippen molar-refractivity contribution >= 4 is 0 Å². The first-order valence-electron chi connectivity index (χ1n) is 11.4. The fraction of sp³-hybridized carbons (Fsp3) is 0.556. The molecule has 0 radical (unpaired) electrons. The van der Waals surface area contributed by atoms with Crippen LogP contribution in [0.25, 0.3) is 0 Å². The Morgan fingerprint density at radius 1 is 0.444 bits per heavy atom. The molecule has 0 aromatic rings. The molecule has 0 aromatic carbocycles. The van der Waals surface area contributed by atoms with Crippen LogP contribution in [0.5, 0.6) is 0 Å². The molecule has 0 heteroatoms. The highest BCUT2D eigenvalue weighted by molar-refractivity contribution is 5.18. The lowest BCUT2D eigenvalue weighted by Crippen LogP contribution is -1.82. The van der Waals surface area contributed by atoms with Crippen LogP contribution in [-0.2, 0) is 0 Å². The van der Waals surface area contributed by atoms with Crippen LogP contribution in [0.1, 0.15) is 96.8 Å². The summed E-state index contributed by atoms with van der Waals surface area (Å²) in [5.41, 5.74) is 0. The van der Waals surface area contributed by atoms with E-state index in [0.717, 1.165) is 0 Å². The van der Waals surface area contributed by atoms with E-state index in [1.54, 1.807) is 6.08 Å². The number of unbranched alkanes of at least 4 members (excludes halogenated alkanes) is 13. The summed E-state index contributed by atoms with van der Waals surface area (Å²) in [6, 6.07) is 0. The molecule has 0 nitrogen and oxygen atoms in total. The zero-order valence-corrected chi connectivity index (χ0v) is 18.0. The van der Waals surface area contributed by atoms with Crippen molar-refractivity contribution in [2.45, 2.75) is 96.8 Å². The van der Waals surface area contributed by atoms with Gasteiger partial charge in [0.25, 0.3) is 0 Å². The van der Waals surface area contributed by atoms with E-state index < -0.39 is 0 Å². The van der Waals surface area contributed by atoms with Crippen LogP contribution in [0.3, 0.4) is 0 Å². The lowest BCUT2D eigenvalue weighted by atomic mass is 10.0. The molecule has 0 bridgehead atoms. The first-order chi connectivity index (χ1) is 13.4. The molecule has 0 atom stereocenters. The summed E-state index contributed by atoms with van der Waals surface area (Å²) in [6.45, 7) is 5.92. The molecule has 0 fully saturated rings. The summed E-state index contributed by atoms with van der Waals surface area (Å²) in [6.07, 6.45) is 42.1. The summed E-state index contributed by atoms with van der Waals surface area (Å²) < 4.78 is 0. The maximum Gasteiger partial charge on any atom is -0.0348 e. The van der Waals surface area contributed by atoms with E-state index >= 15 is 0 Å². The second-order valence-corrected chi connectivity index (χ2v) is 7.23. The summed E-state index contributed by atoms with van der Waals surface area (Å²) in [7, 11) is 0. The monoisotopic (exact) mass is 368 g/mol. The van der Waals surface area contributed by atoms with E-state index in [-0.39, 0.29) is 0 Å². The van der Waals surface area contributed by atoms with Crippen LogP contribution in [0.4, 0.5) is 0 Å². The molecule has 0 aliphatic carbocycles. The third-order valence-corrected chi connectivity index (χ3v) is 4.64. The molecular formula is C27H44. The van der Waals surface area contributed by atoms with Crippen molar-refractivity contribution in [1.29, 1.82) is 0 Å². The van der Waals surface area contributed by atoms with Gasteiger partial charge in [0.2, 0.25) is 0 Å². The average molecular weight is 369 g/mol. The van der Waals surface area contributed by atoms with Crippen LogP contribution in [-0.4, -0.2) is 0 Å². The molecule has 0 amide bonds. The standard InChI is InChI=1S/C27H44/c1-3-5-7-9-11-13-15-17-19-21-23-25-27-26-24-22-20-18-16-14-12-10-8-6-4-2/h3,5,7,9,11,13,15,17,19,21,23H,1,4,6,8,10,12,14,16,18,20,22,24-27H2,2H3/b7-5+,11-9+,15-13+,19-17+,23-21+. The molecule has 0 rings (SSSR count). The van der Waals surface area contributed by atoms with Crippen LogP contribution in [0.15, 0.2) is 73.4 Å². The minimum Gasteiger partial charge on any atom is -0.0991 e. The molecule has 0 spiro atoms. The lowest BCUT2D eigenvalue weighted by molar-refractivity contribution is 0.540. The van der Waals surface area contributed by atoms with E-state index in [4.69, 9.17) is 0 Å². The zero-order chi connectivity index (χ0) is 19.7. The molecular weight excluding hydrogens is 324 g/mol. The van der Waals surface area contributed by atoms with Gasteiger partial charge in [0.15, 0.2) is 0 Å². The molecule has 152 valence electrons. The predicted molar refractivity (Wildman–Crippen MR) is 126 cm³/mol. The maximum absolute atomic E-state index is 3.63. The van der Waals surface area contributed by atoms with Gasteiger partial charge in [0, 0.05) is 0 Å². The minimum atomic E-state index is 1.21. The number of hydrogen-bond acceptors (Lipinski definition) is 0. The third kappa shape index (κ3) is 24.4. The first kappa shape index (κ1) is 25.4. The van der Waals surface area contributed by atoms with Gasteiger partial charge in [-0.15, -0.1) is 0 Å². The Hall–Kier alpha value is -1.56. The molecule has 0 N–H and O–H groups in total. The van der Waals surface area contributed by atoms with Crippen molar-refractivity contribution in [2.75, 3.05) is 0 Å². The van der Waals surface area contributed by atoms with Crippen molar-refractivity contribution in [1.82, 2.24) is 0 Å². The Kier molecular flexibility index (Phi) is 23.0. The lowest BCUT2D eigenvalue weighted by Gasteiger charge is -2.02. The maximum atomic E-state index is 3.63. The van der Waals surface area contributed by atoms with E-state index in [1.165, 1.54) is 89.9 Å². The van der Waals surface area contributed by atoms with Crippen molar-refractivity contribution in [3.63, 3.8) is 0 Å². The van der Waals surface area contributed by atoms with Crippen molar-refractivity contribution in [2.24, 2.45) is 0 Å². The van der Waals surface area contributed by atoms with Crippen molar-refractivity contribution < 1.29 is 0 Å². The highest BCUT2D eigenvalue weighted by atomic mass is 14.0. The number of hydrogen-bond donors (Lipinski definition) is 0. The summed E-state index contributed by atoms with van der Waals surface area (Å²) >= 11 is 0. The number of rotatable bonds is 19. The first-order valence-corrected chi connectivity index (χ1v) is 11.4. The van der Waals surface area contributed by atoms with Crippen LogP contribution in [0.2, 0.25) is 0 Å². The van der Waals surface area contributed by atoms with E-state index in [0.29, 0.717) is 0 Å². The van der Waals surface area contributed by atoms with Gasteiger partial charge < -0.3 is 0 Å². The van der Waals surface area contributed by atoms with Gasteiger partial charge >= 0.3 is 0 Å². The van der Waals surface area contributed by atoms with Gasteiger partial charge in [-0.3, -0.25) is 0 Å². The molecule has 0 unspecified atom stereocenters. The Morgan fingerprint density at radius 3 is 1.26 bits per heavy atom. The predicted octanol–water partition coefficient (Wildman–Crippen LogP) is 9.43. The van der Waals surface area contributed by atoms with E-state index in [2.05, 4.69) is 37.8 Å². The van der Waals surface area contributed by atoms with Gasteiger partial charge in [-0.05, 0) is 12.8 Å². The molecule has 0 saturated carbocycles. The third-order valence-electron chi connectivity index (χ3n) is 4.64. The normalized spacial score (nSPS) is 12.6. The van der Waals surface area contributed by atoms with E-state index in [9.17, 15) is 0 Å². The molecule has 0 heterocycles. The summed E-state index contributed by atoms with van der Waals surface area (Å²) in [4.78, 5) is 0. The minimum absolute atomic E-state index is 1.21. The van der Waals surface area contributed by atoms with Crippen molar-refractivity contribution in [3.8, 4) is 0 Å². The van der Waals surface area contributed by atoms with Gasteiger partial charge in [0.05, 0.1) is 0 Å². The van der Waals surface area contributed by atoms with Crippen LogP contribution < -0.4 is 0 Å². The Morgan fingerprint density at radius 2 is 0.815 bits per heavy atom. The summed E-state index contributed by atoms with van der Waals surface area (Å²) in [5.74, 6) is 0. The molecule has 0 aromatic heterocycles. The molecule has 0 saturated heterocycles. The topological polar surface area (TPSA) is 0 Å². The smallest absolute Gasteiger partial charge is 0.0348 e. The highest BCUT2D eigenvalue weighted by Gasteiger charge is 1.93. The number of allylic oxidation sites excluding steroid dienone is 11. The van der Waals surface area contributed by atoms with Crippen molar-refractivity contribution in [3.05, 3.63) is 73.4 Å². The van der Waals surface area contributed by atoms with Gasteiger partial charge in [0.1, 0.15) is 0 Å². The van der Waals surface area contributed by atoms with Crippen LogP contribution in [0, 0.1) is 0 Å². The largest absolute Gasteiger partial charge is 0.0991 e. The molecule has 0 aliphatic rings. The molecule has 27 heavy (non-hydrogen) atoms. The van der Waals surface area contributed by atoms with Crippen LogP contribution >= 0.6 is 0 Å². The second kappa shape index (κ2) is 24.4. The Balaban J connectivity index is 3.29. The van der Waals surface area contributed by atoms with Gasteiger partial charge in [-0.25, -0.2) is 0 Å². The Bertz CT molecular complexity index is 431. The van der Waals surface area contributed by atoms with Gasteiger partial charge in [-0.1, -0.05) is 157 Å². The highest BCUT2D eigenvalue weighted by Crippen LogP contribution is 2.12. The fourth-order valence-electron chi connectivity index (χ4n) is 2.98. The van der Waals surface area contributed by atoms with Gasteiger partial charge in [-0.2, -0.15) is 0 Å². The second-order valence-electron chi connectivity index (χ2n) is 7.23. The Labute approximate surface area is 170 Å². The average Bonchev–Trinajstić information content (AvgIpc) is 2.68. The SMILES string of the molecule is C=C/C=C/C=C/C=C/C=C/C=C/CCCCCCCCCCCCCCC. The zero-order valence-electron chi connectivity index (χ0n) is 18.0.